The average molecular weight is 388 g/mol. The van der Waals surface area contributed by atoms with Crippen LogP contribution in [-0.4, -0.2) is 18.9 Å². The van der Waals surface area contributed by atoms with Crippen LogP contribution in [0.25, 0.3) is 5.57 Å². The fourth-order valence-electron chi connectivity index (χ4n) is 3.21. The van der Waals surface area contributed by atoms with Gasteiger partial charge in [0.05, 0.1) is 18.4 Å². The smallest absolute Gasteiger partial charge is 0.282 e. The number of halogens is 1. The molecule has 3 aromatic carbocycles. The average Bonchev–Trinajstić information content (AvgIpc) is 2.98. The summed E-state index contributed by atoms with van der Waals surface area (Å²) in [4.78, 5) is 27.6. The standard InChI is InChI=1S/C23H17FN2O3/c1-29-19-12-6-11-18(14-19)26-22(27)20(15-7-3-2-4-8-15)21(23(26)28)25-17-10-5-9-16(24)13-17/h2-14,25H,1H3. The number of amides is 2. The maximum absolute atomic E-state index is 13.6. The molecule has 0 fully saturated rings. The summed E-state index contributed by atoms with van der Waals surface area (Å²) in [7, 11) is 1.51. The van der Waals surface area contributed by atoms with Crippen LogP contribution in [-0.2, 0) is 9.59 Å². The van der Waals surface area contributed by atoms with E-state index in [1.54, 1.807) is 54.6 Å². The van der Waals surface area contributed by atoms with E-state index in [-0.39, 0.29) is 11.3 Å². The van der Waals surface area contributed by atoms with Gasteiger partial charge in [0.2, 0.25) is 0 Å². The predicted octanol–water partition coefficient (Wildman–Crippen LogP) is 4.23. The molecule has 0 spiro atoms. The normalized spacial score (nSPS) is 13.8. The lowest BCUT2D eigenvalue weighted by atomic mass is 10.0. The van der Waals surface area contributed by atoms with Gasteiger partial charge >= 0.3 is 0 Å². The van der Waals surface area contributed by atoms with E-state index in [1.165, 1.54) is 25.3 Å². The Balaban J connectivity index is 1.81. The lowest BCUT2D eigenvalue weighted by Crippen LogP contribution is -2.32. The van der Waals surface area contributed by atoms with Crippen molar-refractivity contribution in [3.63, 3.8) is 0 Å². The molecule has 4 rings (SSSR count). The maximum atomic E-state index is 13.6. The Morgan fingerprint density at radius 1 is 0.862 bits per heavy atom. The van der Waals surface area contributed by atoms with E-state index in [2.05, 4.69) is 5.32 Å². The fourth-order valence-corrected chi connectivity index (χ4v) is 3.21. The van der Waals surface area contributed by atoms with Crippen molar-refractivity contribution in [3.8, 4) is 5.75 Å². The van der Waals surface area contributed by atoms with Gasteiger partial charge in [0.25, 0.3) is 11.8 Å². The van der Waals surface area contributed by atoms with E-state index in [9.17, 15) is 14.0 Å². The summed E-state index contributed by atoms with van der Waals surface area (Å²) in [6.07, 6.45) is 0. The SMILES string of the molecule is COc1cccc(N2C(=O)C(Nc3cccc(F)c3)=C(c3ccccc3)C2=O)c1. The molecule has 6 heteroatoms. The van der Waals surface area contributed by atoms with Crippen LogP contribution in [0.15, 0.2) is 84.6 Å². The first kappa shape index (κ1) is 18.4. The second kappa shape index (κ2) is 7.59. The maximum Gasteiger partial charge on any atom is 0.282 e. The number of nitrogens with one attached hydrogen (secondary N) is 1. The second-order valence-corrected chi connectivity index (χ2v) is 6.40. The van der Waals surface area contributed by atoms with E-state index in [0.717, 1.165) is 4.90 Å². The third kappa shape index (κ3) is 3.48. The van der Waals surface area contributed by atoms with Gasteiger partial charge in [0, 0.05) is 11.8 Å². The van der Waals surface area contributed by atoms with E-state index in [4.69, 9.17) is 4.74 Å². The Hall–Kier alpha value is -3.93. The highest BCUT2D eigenvalue weighted by Gasteiger charge is 2.40. The van der Waals surface area contributed by atoms with Crippen molar-refractivity contribution in [1.29, 1.82) is 0 Å². The summed E-state index contributed by atoms with van der Waals surface area (Å²) in [5.41, 5.74) is 1.68. The van der Waals surface area contributed by atoms with Crippen molar-refractivity contribution in [2.75, 3.05) is 17.3 Å². The Kier molecular flexibility index (Phi) is 4.83. The molecule has 1 N–H and O–H groups in total. The molecule has 0 aromatic heterocycles. The molecule has 0 aliphatic carbocycles. The van der Waals surface area contributed by atoms with E-state index < -0.39 is 17.6 Å². The minimum absolute atomic E-state index is 0.0922. The Morgan fingerprint density at radius 3 is 2.34 bits per heavy atom. The second-order valence-electron chi connectivity index (χ2n) is 6.40. The molecule has 0 saturated carbocycles. The van der Waals surface area contributed by atoms with Crippen LogP contribution < -0.4 is 15.0 Å². The number of benzene rings is 3. The fraction of sp³-hybridized carbons (Fsp3) is 0.0435. The molecule has 0 bridgehead atoms. The largest absolute Gasteiger partial charge is 0.497 e. The number of ether oxygens (including phenoxy) is 1. The van der Waals surface area contributed by atoms with Gasteiger partial charge in [-0.3, -0.25) is 9.59 Å². The molecule has 2 amide bonds. The predicted molar refractivity (Wildman–Crippen MR) is 109 cm³/mol. The number of hydrogen-bond donors (Lipinski definition) is 1. The summed E-state index contributed by atoms with van der Waals surface area (Å²) >= 11 is 0. The summed E-state index contributed by atoms with van der Waals surface area (Å²) < 4.78 is 18.8. The Labute approximate surface area is 167 Å². The monoisotopic (exact) mass is 388 g/mol. The van der Waals surface area contributed by atoms with Crippen molar-refractivity contribution in [1.82, 2.24) is 0 Å². The number of anilines is 2. The molecule has 0 radical (unpaired) electrons. The van der Waals surface area contributed by atoms with Crippen LogP contribution in [0.4, 0.5) is 15.8 Å². The van der Waals surface area contributed by atoms with Crippen LogP contribution in [0.2, 0.25) is 0 Å². The van der Waals surface area contributed by atoms with Crippen molar-refractivity contribution in [2.45, 2.75) is 0 Å². The highest BCUT2D eigenvalue weighted by Crippen LogP contribution is 2.34. The first-order chi connectivity index (χ1) is 14.1. The van der Waals surface area contributed by atoms with Gasteiger partial charge in [-0.2, -0.15) is 0 Å². The molecule has 5 nitrogen and oxygen atoms in total. The van der Waals surface area contributed by atoms with Gasteiger partial charge in [0.1, 0.15) is 17.3 Å². The first-order valence-corrected chi connectivity index (χ1v) is 8.93. The number of nitrogens with zero attached hydrogens (tertiary/aromatic N) is 1. The summed E-state index contributed by atoms with van der Waals surface area (Å²) in [6.45, 7) is 0. The van der Waals surface area contributed by atoms with Crippen LogP contribution in [0.3, 0.4) is 0 Å². The number of carbonyl (C=O) groups excluding carboxylic acids is 2. The van der Waals surface area contributed by atoms with Crippen molar-refractivity contribution >= 4 is 28.8 Å². The van der Waals surface area contributed by atoms with Gasteiger partial charge in [0.15, 0.2) is 0 Å². The molecular formula is C23H17FN2O3. The molecule has 1 aliphatic heterocycles. The topological polar surface area (TPSA) is 58.6 Å². The lowest BCUT2D eigenvalue weighted by Gasteiger charge is -2.16. The molecule has 0 saturated heterocycles. The number of hydrogen-bond acceptors (Lipinski definition) is 4. The number of methoxy groups -OCH3 is 1. The van der Waals surface area contributed by atoms with E-state index in [0.29, 0.717) is 22.7 Å². The molecule has 144 valence electrons. The molecular weight excluding hydrogens is 371 g/mol. The van der Waals surface area contributed by atoms with Crippen molar-refractivity contribution in [2.24, 2.45) is 0 Å². The minimum Gasteiger partial charge on any atom is -0.497 e. The van der Waals surface area contributed by atoms with Gasteiger partial charge in [-0.25, -0.2) is 9.29 Å². The van der Waals surface area contributed by atoms with Gasteiger partial charge in [-0.1, -0.05) is 42.5 Å². The van der Waals surface area contributed by atoms with Crippen LogP contribution in [0.5, 0.6) is 5.75 Å². The van der Waals surface area contributed by atoms with Gasteiger partial charge in [-0.05, 0) is 35.9 Å². The van der Waals surface area contributed by atoms with E-state index >= 15 is 0 Å². The van der Waals surface area contributed by atoms with Crippen LogP contribution >= 0.6 is 0 Å². The first-order valence-electron chi connectivity index (χ1n) is 8.93. The molecule has 0 atom stereocenters. The summed E-state index contributed by atoms with van der Waals surface area (Å²) in [6, 6.07) is 21.3. The molecule has 1 heterocycles. The zero-order valence-electron chi connectivity index (χ0n) is 15.6. The summed E-state index contributed by atoms with van der Waals surface area (Å²) in [5.74, 6) is -0.908. The van der Waals surface area contributed by atoms with Crippen molar-refractivity contribution in [3.05, 3.63) is 95.9 Å². The van der Waals surface area contributed by atoms with Crippen LogP contribution in [0.1, 0.15) is 5.56 Å². The highest BCUT2D eigenvalue weighted by atomic mass is 19.1. The molecule has 1 aliphatic rings. The van der Waals surface area contributed by atoms with Gasteiger partial charge in [-0.15, -0.1) is 0 Å². The third-order valence-electron chi connectivity index (χ3n) is 4.55. The number of carbonyl (C=O) groups is 2. The Morgan fingerprint density at radius 2 is 1.62 bits per heavy atom. The zero-order valence-corrected chi connectivity index (χ0v) is 15.6. The molecule has 0 unspecified atom stereocenters. The number of imide groups is 1. The zero-order chi connectivity index (χ0) is 20.4. The van der Waals surface area contributed by atoms with Gasteiger partial charge < -0.3 is 10.1 Å². The number of rotatable bonds is 5. The third-order valence-corrected chi connectivity index (χ3v) is 4.55. The summed E-state index contributed by atoms with van der Waals surface area (Å²) in [5, 5.41) is 2.94. The minimum atomic E-state index is -0.522. The lowest BCUT2D eigenvalue weighted by molar-refractivity contribution is -0.120. The van der Waals surface area contributed by atoms with Crippen molar-refractivity contribution < 1.29 is 18.7 Å². The van der Waals surface area contributed by atoms with Crippen LogP contribution in [0, 0.1) is 5.82 Å². The quantitative estimate of drug-likeness (QED) is 0.665. The Bertz CT molecular complexity index is 1130. The molecule has 29 heavy (non-hydrogen) atoms. The van der Waals surface area contributed by atoms with E-state index in [1.807, 2.05) is 6.07 Å². The molecule has 3 aromatic rings. The highest BCUT2D eigenvalue weighted by molar-refractivity contribution is 6.46.